The molecular formula is C25H32O6. The molecule has 0 N–H and O–H groups in total. The van der Waals surface area contributed by atoms with Crippen LogP contribution in [0, 0.1) is 28.6 Å². The molecule has 168 valence electrons. The summed E-state index contributed by atoms with van der Waals surface area (Å²) in [4.78, 5) is 39.0. The van der Waals surface area contributed by atoms with Crippen LogP contribution in [-0.4, -0.2) is 42.1 Å². The summed E-state index contributed by atoms with van der Waals surface area (Å²) in [6, 6.07) is 0. The van der Waals surface area contributed by atoms with E-state index < -0.39 is 22.4 Å². The SMILES string of the molecule is CCO[C@@]1(C)OCC(=O)[C@@]2(CC[C@@H]3[C@H]4CCC5=CC(=O)C=C[C@]5(C)[C@@H]4C(=O)C[C@]32C)O1. The van der Waals surface area contributed by atoms with Gasteiger partial charge in [0.15, 0.2) is 11.6 Å². The van der Waals surface area contributed by atoms with Gasteiger partial charge in [0.2, 0.25) is 0 Å². The maximum absolute atomic E-state index is 13.8. The highest BCUT2D eigenvalue weighted by Gasteiger charge is 2.71. The van der Waals surface area contributed by atoms with Gasteiger partial charge in [-0.05, 0) is 56.6 Å². The van der Waals surface area contributed by atoms with E-state index in [1.807, 2.05) is 13.0 Å². The molecule has 6 nitrogen and oxygen atoms in total. The molecule has 31 heavy (non-hydrogen) atoms. The zero-order chi connectivity index (χ0) is 22.2. The third kappa shape index (κ3) is 2.71. The van der Waals surface area contributed by atoms with E-state index in [2.05, 4.69) is 13.8 Å². The van der Waals surface area contributed by atoms with Crippen molar-refractivity contribution in [2.75, 3.05) is 13.2 Å². The van der Waals surface area contributed by atoms with Crippen LogP contribution in [0.15, 0.2) is 23.8 Å². The van der Waals surface area contributed by atoms with Crippen LogP contribution in [0.3, 0.4) is 0 Å². The number of hydrogen-bond acceptors (Lipinski definition) is 6. The van der Waals surface area contributed by atoms with Gasteiger partial charge in [-0.15, -0.1) is 0 Å². The van der Waals surface area contributed by atoms with E-state index in [0.717, 1.165) is 24.8 Å². The molecule has 1 saturated heterocycles. The first-order chi connectivity index (χ1) is 14.6. The molecule has 0 bridgehead atoms. The largest absolute Gasteiger partial charge is 0.328 e. The van der Waals surface area contributed by atoms with E-state index in [1.54, 1.807) is 19.1 Å². The van der Waals surface area contributed by atoms with Crippen LogP contribution >= 0.6 is 0 Å². The molecule has 6 heteroatoms. The quantitative estimate of drug-likeness (QED) is 0.669. The zero-order valence-electron chi connectivity index (χ0n) is 18.9. The molecule has 5 rings (SSSR count). The first-order valence-electron chi connectivity index (χ1n) is 11.6. The van der Waals surface area contributed by atoms with Crippen LogP contribution in [-0.2, 0) is 28.6 Å². The van der Waals surface area contributed by atoms with Crippen molar-refractivity contribution in [3.63, 3.8) is 0 Å². The fourth-order valence-corrected chi connectivity index (χ4v) is 7.69. The lowest BCUT2D eigenvalue weighted by Crippen LogP contribution is -2.66. The molecule has 0 aromatic rings. The zero-order valence-corrected chi connectivity index (χ0v) is 18.9. The Morgan fingerprint density at radius 2 is 1.94 bits per heavy atom. The monoisotopic (exact) mass is 428 g/mol. The summed E-state index contributed by atoms with van der Waals surface area (Å²) in [7, 11) is 0. The number of ketones is 3. The number of hydrogen-bond donors (Lipinski definition) is 0. The smallest absolute Gasteiger partial charge is 0.281 e. The van der Waals surface area contributed by atoms with Gasteiger partial charge in [0.05, 0.1) is 0 Å². The van der Waals surface area contributed by atoms with Crippen LogP contribution < -0.4 is 0 Å². The lowest BCUT2D eigenvalue weighted by Gasteiger charge is -2.58. The lowest BCUT2D eigenvalue weighted by atomic mass is 9.46. The lowest BCUT2D eigenvalue weighted by molar-refractivity contribution is -0.419. The maximum atomic E-state index is 13.8. The Balaban J connectivity index is 1.54. The van der Waals surface area contributed by atoms with E-state index in [-0.39, 0.29) is 41.7 Å². The van der Waals surface area contributed by atoms with Gasteiger partial charge in [-0.2, -0.15) is 0 Å². The number of Topliss-reactive ketones (excluding diaryl/α,β-unsaturated/α-hetero) is 2. The second-order valence-corrected chi connectivity index (χ2v) is 10.5. The maximum Gasteiger partial charge on any atom is 0.281 e. The number of carbonyl (C=O) groups is 3. The molecule has 4 aliphatic carbocycles. The minimum atomic E-state index is -1.28. The van der Waals surface area contributed by atoms with Gasteiger partial charge in [0.1, 0.15) is 18.0 Å². The van der Waals surface area contributed by atoms with Crippen molar-refractivity contribution in [3.05, 3.63) is 23.8 Å². The number of rotatable bonds is 2. The highest BCUT2D eigenvalue weighted by atomic mass is 16.9. The molecule has 0 unspecified atom stereocenters. The van der Waals surface area contributed by atoms with Gasteiger partial charge >= 0.3 is 0 Å². The van der Waals surface area contributed by atoms with Gasteiger partial charge in [-0.1, -0.05) is 25.5 Å². The number of fused-ring (bicyclic) bond motifs is 6. The van der Waals surface area contributed by atoms with Crippen molar-refractivity contribution < 1.29 is 28.6 Å². The summed E-state index contributed by atoms with van der Waals surface area (Å²) in [6.07, 6.45) is 8.71. The Morgan fingerprint density at radius 1 is 1.16 bits per heavy atom. The van der Waals surface area contributed by atoms with E-state index in [0.29, 0.717) is 19.4 Å². The molecule has 0 aromatic carbocycles. The fourth-order valence-electron chi connectivity index (χ4n) is 7.69. The van der Waals surface area contributed by atoms with Gasteiger partial charge in [0.25, 0.3) is 5.97 Å². The van der Waals surface area contributed by atoms with Crippen LogP contribution in [0.25, 0.3) is 0 Å². The first-order valence-corrected chi connectivity index (χ1v) is 11.6. The number of ether oxygens (including phenoxy) is 3. The summed E-state index contributed by atoms with van der Waals surface area (Å²) in [5.74, 6) is -0.949. The highest BCUT2D eigenvalue weighted by molar-refractivity contribution is 6.02. The second kappa shape index (κ2) is 6.69. The molecule has 5 aliphatic rings. The Bertz CT molecular complexity index is 919. The Morgan fingerprint density at radius 3 is 2.68 bits per heavy atom. The highest BCUT2D eigenvalue weighted by Crippen LogP contribution is 2.67. The van der Waals surface area contributed by atoms with Crippen LogP contribution in [0.5, 0.6) is 0 Å². The van der Waals surface area contributed by atoms with Gasteiger partial charge in [0, 0.05) is 36.7 Å². The number of carbonyl (C=O) groups excluding carboxylic acids is 3. The molecule has 3 saturated carbocycles. The summed E-state index contributed by atoms with van der Waals surface area (Å²) in [5.41, 5.74) is -0.981. The van der Waals surface area contributed by atoms with E-state index in [4.69, 9.17) is 14.2 Å². The molecule has 0 amide bonds. The summed E-state index contributed by atoms with van der Waals surface area (Å²) in [5, 5.41) is 0. The fraction of sp³-hybridized carbons (Fsp3) is 0.720. The summed E-state index contributed by atoms with van der Waals surface area (Å²) >= 11 is 0. The topological polar surface area (TPSA) is 78.9 Å². The summed E-state index contributed by atoms with van der Waals surface area (Å²) in [6.45, 7) is 8.11. The Kier molecular flexibility index (Phi) is 4.58. The van der Waals surface area contributed by atoms with Gasteiger partial charge in [-0.3, -0.25) is 14.4 Å². The molecular weight excluding hydrogens is 396 g/mol. The predicted octanol–water partition coefficient (Wildman–Crippen LogP) is 3.54. The number of allylic oxidation sites excluding steroid dienone is 4. The van der Waals surface area contributed by atoms with Gasteiger partial charge < -0.3 is 14.2 Å². The second-order valence-electron chi connectivity index (χ2n) is 10.5. The standard InChI is InChI=1S/C25H32O6/c1-5-29-24(4)30-14-20(28)25(31-24)11-9-18-17-7-6-15-12-16(26)8-10-22(15,2)21(17)19(27)13-23(18,25)3/h8,10,12,17-18,21H,5-7,9,11,13-14H2,1-4H3/t17-,18-,21+,22+,23-,24+,25-/m1/s1. The van der Waals surface area contributed by atoms with Crippen molar-refractivity contribution in [1.82, 2.24) is 0 Å². The van der Waals surface area contributed by atoms with Crippen molar-refractivity contribution in [1.29, 1.82) is 0 Å². The summed E-state index contributed by atoms with van der Waals surface area (Å²) < 4.78 is 17.8. The van der Waals surface area contributed by atoms with Crippen molar-refractivity contribution in [3.8, 4) is 0 Å². The van der Waals surface area contributed by atoms with E-state index >= 15 is 0 Å². The molecule has 1 heterocycles. The third-order valence-electron chi connectivity index (χ3n) is 9.06. The molecule has 4 fully saturated rings. The van der Waals surface area contributed by atoms with Crippen molar-refractivity contribution in [2.24, 2.45) is 28.6 Å². The van der Waals surface area contributed by atoms with Crippen LogP contribution in [0.4, 0.5) is 0 Å². The Hall–Kier alpha value is -1.63. The van der Waals surface area contributed by atoms with Crippen LogP contribution in [0.1, 0.15) is 59.8 Å². The molecule has 0 aromatic heterocycles. The average Bonchev–Trinajstić information content (AvgIpc) is 2.98. The van der Waals surface area contributed by atoms with Gasteiger partial charge in [-0.25, -0.2) is 0 Å². The predicted molar refractivity (Wildman–Crippen MR) is 112 cm³/mol. The van der Waals surface area contributed by atoms with Crippen molar-refractivity contribution in [2.45, 2.75) is 71.4 Å². The van der Waals surface area contributed by atoms with E-state index in [9.17, 15) is 14.4 Å². The van der Waals surface area contributed by atoms with Crippen LogP contribution in [0.2, 0.25) is 0 Å². The third-order valence-corrected chi connectivity index (χ3v) is 9.06. The molecule has 7 atom stereocenters. The Labute approximate surface area is 183 Å². The molecule has 0 radical (unpaired) electrons. The first kappa shape index (κ1) is 21.2. The molecule has 1 spiro atoms. The minimum absolute atomic E-state index is 0.00949. The average molecular weight is 429 g/mol. The van der Waals surface area contributed by atoms with Crippen molar-refractivity contribution >= 4 is 17.3 Å². The normalized spacial score (nSPS) is 49.0. The molecule has 1 aliphatic heterocycles. The minimum Gasteiger partial charge on any atom is -0.328 e. The van der Waals surface area contributed by atoms with E-state index in [1.165, 1.54) is 0 Å².